The van der Waals surface area contributed by atoms with Crippen LogP contribution < -0.4 is 0 Å². The largest absolute Gasteiger partial charge is 0.204 e. The highest BCUT2D eigenvalue weighted by Gasteiger charge is 2.20. The minimum absolute atomic E-state index is 0.191. The molecule has 0 N–H and O–H groups in total. The van der Waals surface area contributed by atoms with Gasteiger partial charge in [-0.1, -0.05) is 12.1 Å². The first kappa shape index (κ1) is 12.5. The van der Waals surface area contributed by atoms with Crippen molar-refractivity contribution in [2.75, 3.05) is 0 Å². The summed E-state index contributed by atoms with van der Waals surface area (Å²) in [5.74, 6) is -1.72. The van der Waals surface area contributed by atoms with Crippen molar-refractivity contribution >= 4 is 22.9 Å². The average molecular weight is 273 g/mol. The molecule has 0 aliphatic heterocycles. The van der Waals surface area contributed by atoms with Crippen LogP contribution in [0.25, 0.3) is 0 Å². The van der Waals surface area contributed by atoms with Crippen LogP contribution in [0.2, 0.25) is 0 Å². The fraction of sp³-hybridized carbons (Fsp3) is 0.231. The Kier molecular flexibility index (Phi) is 3.50. The third-order valence-corrected chi connectivity index (χ3v) is 4.36. The zero-order chi connectivity index (χ0) is 12.6. The van der Waals surface area contributed by atoms with Gasteiger partial charge in [-0.3, -0.25) is 0 Å². The molecule has 4 heteroatoms. The summed E-state index contributed by atoms with van der Waals surface area (Å²) in [5, 5.41) is -0.635. The number of hydrogen-bond acceptors (Lipinski definition) is 1. The topological polar surface area (TPSA) is 0 Å². The lowest BCUT2D eigenvalue weighted by Crippen LogP contribution is -1.98. The Labute approximate surface area is 108 Å². The number of thiophene rings is 1. The van der Waals surface area contributed by atoms with Gasteiger partial charge in [-0.25, -0.2) is 8.78 Å². The van der Waals surface area contributed by atoms with Gasteiger partial charge >= 0.3 is 0 Å². The number of hydrogen-bond donors (Lipinski definition) is 0. The molecule has 1 aromatic carbocycles. The van der Waals surface area contributed by atoms with E-state index in [4.69, 9.17) is 11.6 Å². The molecule has 1 unspecified atom stereocenters. The minimum atomic E-state index is -0.863. The van der Waals surface area contributed by atoms with Gasteiger partial charge in [0.15, 0.2) is 11.6 Å². The molecular weight excluding hydrogens is 262 g/mol. The second-order valence-corrected chi connectivity index (χ2v) is 5.63. The van der Waals surface area contributed by atoms with Crippen molar-refractivity contribution in [1.29, 1.82) is 0 Å². The van der Waals surface area contributed by atoms with Gasteiger partial charge in [0.25, 0.3) is 0 Å². The lowest BCUT2D eigenvalue weighted by molar-refractivity contribution is 0.500. The van der Waals surface area contributed by atoms with E-state index in [1.54, 1.807) is 0 Å². The summed E-state index contributed by atoms with van der Waals surface area (Å²) in [6, 6.07) is 6.07. The summed E-state index contributed by atoms with van der Waals surface area (Å²) >= 11 is 7.74. The van der Waals surface area contributed by atoms with Gasteiger partial charge in [0, 0.05) is 15.3 Å². The number of aryl methyl sites for hydroxylation is 2. The van der Waals surface area contributed by atoms with Crippen LogP contribution in [0.1, 0.15) is 26.3 Å². The first-order chi connectivity index (χ1) is 8.00. The number of alkyl halides is 1. The molecule has 17 heavy (non-hydrogen) atoms. The molecule has 0 spiro atoms. The van der Waals surface area contributed by atoms with Gasteiger partial charge in [0.05, 0.1) is 5.38 Å². The van der Waals surface area contributed by atoms with Crippen LogP contribution in [0.5, 0.6) is 0 Å². The van der Waals surface area contributed by atoms with Crippen LogP contribution >= 0.6 is 22.9 Å². The Morgan fingerprint density at radius 2 is 1.94 bits per heavy atom. The molecule has 0 nitrogen and oxygen atoms in total. The fourth-order valence-electron chi connectivity index (χ4n) is 1.77. The molecule has 0 fully saturated rings. The van der Waals surface area contributed by atoms with Gasteiger partial charge in [-0.05, 0) is 31.5 Å². The molecule has 2 aromatic rings. The van der Waals surface area contributed by atoms with Gasteiger partial charge in [0.2, 0.25) is 0 Å². The van der Waals surface area contributed by atoms with Gasteiger partial charge in [-0.2, -0.15) is 0 Å². The first-order valence-corrected chi connectivity index (χ1v) is 6.41. The monoisotopic (exact) mass is 272 g/mol. The van der Waals surface area contributed by atoms with E-state index in [0.29, 0.717) is 0 Å². The second-order valence-electron chi connectivity index (χ2n) is 3.91. The summed E-state index contributed by atoms with van der Waals surface area (Å²) in [6.07, 6.45) is 0. The lowest BCUT2D eigenvalue weighted by atomic mass is 10.1. The maximum atomic E-state index is 13.6. The smallest absolute Gasteiger partial charge is 0.163 e. The highest BCUT2D eigenvalue weighted by atomic mass is 35.5. The summed E-state index contributed by atoms with van der Waals surface area (Å²) < 4.78 is 26.8. The number of halogens is 3. The lowest BCUT2D eigenvalue weighted by Gasteiger charge is -2.10. The van der Waals surface area contributed by atoms with Gasteiger partial charge in [0.1, 0.15) is 0 Å². The van der Waals surface area contributed by atoms with Crippen LogP contribution in [0.15, 0.2) is 24.3 Å². The summed E-state index contributed by atoms with van der Waals surface area (Å²) in [6.45, 7) is 3.89. The van der Waals surface area contributed by atoms with Crippen molar-refractivity contribution in [2.45, 2.75) is 19.2 Å². The van der Waals surface area contributed by atoms with Crippen molar-refractivity contribution in [3.05, 3.63) is 56.8 Å². The zero-order valence-electron chi connectivity index (χ0n) is 9.43. The van der Waals surface area contributed by atoms with Crippen molar-refractivity contribution < 1.29 is 8.78 Å². The highest BCUT2D eigenvalue weighted by molar-refractivity contribution is 7.12. The molecule has 0 aliphatic carbocycles. The van der Waals surface area contributed by atoms with Crippen LogP contribution in [0.3, 0.4) is 0 Å². The Morgan fingerprint density at radius 1 is 1.24 bits per heavy atom. The molecule has 2 rings (SSSR count). The highest BCUT2D eigenvalue weighted by Crippen LogP contribution is 2.37. The van der Waals surface area contributed by atoms with Crippen molar-refractivity contribution in [3.8, 4) is 0 Å². The van der Waals surface area contributed by atoms with Crippen LogP contribution in [-0.4, -0.2) is 0 Å². The Balaban J connectivity index is 2.47. The Hall–Kier alpha value is -0.930. The minimum Gasteiger partial charge on any atom is -0.204 e. The van der Waals surface area contributed by atoms with Crippen LogP contribution in [0, 0.1) is 25.5 Å². The molecule has 0 saturated heterocycles. The molecule has 0 aliphatic rings. The van der Waals surface area contributed by atoms with E-state index in [0.717, 1.165) is 21.4 Å². The summed E-state index contributed by atoms with van der Waals surface area (Å²) in [5.41, 5.74) is 1.20. The molecule has 0 bridgehead atoms. The van der Waals surface area contributed by atoms with E-state index in [1.165, 1.54) is 23.5 Å². The van der Waals surface area contributed by atoms with Crippen LogP contribution in [-0.2, 0) is 0 Å². The van der Waals surface area contributed by atoms with E-state index in [-0.39, 0.29) is 5.56 Å². The quantitative estimate of drug-likeness (QED) is 0.677. The molecule has 0 saturated carbocycles. The molecule has 1 aromatic heterocycles. The van der Waals surface area contributed by atoms with E-state index in [9.17, 15) is 8.78 Å². The van der Waals surface area contributed by atoms with E-state index in [1.807, 2.05) is 19.9 Å². The Morgan fingerprint density at radius 3 is 2.53 bits per heavy atom. The predicted octanol–water partition coefficient (Wildman–Crippen LogP) is 4.97. The molecule has 0 amide bonds. The number of rotatable bonds is 2. The summed E-state index contributed by atoms with van der Waals surface area (Å²) in [7, 11) is 0. The van der Waals surface area contributed by atoms with Crippen LogP contribution in [0.4, 0.5) is 8.78 Å². The van der Waals surface area contributed by atoms with Crippen molar-refractivity contribution in [1.82, 2.24) is 0 Å². The van der Waals surface area contributed by atoms with Gasteiger partial charge in [-0.15, -0.1) is 22.9 Å². The standard InChI is InChI=1S/C13H11ClF2S/c1-7-6-8(2)17-13(7)11(14)9-4-3-5-10(15)12(9)16/h3-6,11H,1-2H3. The fourth-order valence-corrected chi connectivity index (χ4v) is 3.28. The molecule has 1 heterocycles. The predicted molar refractivity (Wildman–Crippen MR) is 67.8 cm³/mol. The molecule has 0 radical (unpaired) electrons. The average Bonchev–Trinajstić information content (AvgIpc) is 2.61. The maximum Gasteiger partial charge on any atom is 0.163 e. The maximum absolute atomic E-state index is 13.6. The zero-order valence-corrected chi connectivity index (χ0v) is 11.0. The number of benzene rings is 1. The first-order valence-electron chi connectivity index (χ1n) is 5.15. The molecule has 1 atom stereocenters. The Bertz CT molecular complexity index is 548. The van der Waals surface area contributed by atoms with E-state index >= 15 is 0 Å². The van der Waals surface area contributed by atoms with Crippen molar-refractivity contribution in [3.63, 3.8) is 0 Å². The van der Waals surface area contributed by atoms with Crippen molar-refractivity contribution in [2.24, 2.45) is 0 Å². The second kappa shape index (κ2) is 4.75. The molecule has 90 valence electrons. The van der Waals surface area contributed by atoms with Gasteiger partial charge < -0.3 is 0 Å². The van der Waals surface area contributed by atoms with E-state index < -0.39 is 17.0 Å². The van der Waals surface area contributed by atoms with E-state index in [2.05, 4.69) is 0 Å². The SMILES string of the molecule is Cc1cc(C)c(C(Cl)c2cccc(F)c2F)s1. The third kappa shape index (κ3) is 2.35. The normalized spacial score (nSPS) is 12.8. The molecular formula is C13H11ClF2S. The summed E-state index contributed by atoms with van der Waals surface area (Å²) in [4.78, 5) is 1.98. The third-order valence-electron chi connectivity index (χ3n) is 2.56.